The molecule has 0 aliphatic carbocycles. The summed E-state index contributed by atoms with van der Waals surface area (Å²) in [5.41, 5.74) is 0.826. The minimum atomic E-state index is -0.757. The van der Waals surface area contributed by atoms with Crippen molar-refractivity contribution in [1.29, 1.82) is 0 Å². The van der Waals surface area contributed by atoms with E-state index in [1.54, 1.807) is 0 Å². The van der Waals surface area contributed by atoms with Gasteiger partial charge >= 0.3 is 11.8 Å². The van der Waals surface area contributed by atoms with Gasteiger partial charge in [0.2, 0.25) is 5.91 Å². The minimum absolute atomic E-state index is 0.0442. The van der Waals surface area contributed by atoms with Crippen LogP contribution in [0.2, 0.25) is 0 Å². The third kappa shape index (κ3) is 2.18. The van der Waals surface area contributed by atoms with Crippen molar-refractivity contribution < 1.29 is 14.4 Å². The number of hydrogen-bond acceptors (Lipinski definition) is 3. The van der Waals surface area contributed by atoms with E-state index in [4.69, 9.17) is 0 Å². The van der Waals surface area contributed by atoms with Gasteiger partial charge in [0, 0.05) is 7.05 Å². The molecule has 0 spiro atoms. The third-order valence-corrected chi connectivity index (χ3v) is 2.63. The van der Waals surface area contributed by atoms with Crippen molar-refractivity contribution in [2.24, 2.45) is 0 Å². The number of piperazine rings is 1. The lowest BCUT2D eigenvalue weighted by molar-refractivity contribution is -0.163. The van der Waals surface area contributed by atoms with Gasteiger partial charge in [0.05, 0.1) is 6.54 Å². The SMILES string of the molecule is CN1CC(=O)N(Cc2ccccc2)C(=O)C1=O. The lowest BCUT2D eigenvalue weighted by Crippen LogP contribution is -2.55. The number of hydrogen-bond donors (Lipinski definition) is 0. The maximum Gasteiger partial charge on any atom is 0.319 e. The van der Waals surface area contributed by atoms with Gasteiger partial charge in [-0.3, -0.25) is 19.3 Å². The van der Waals surface area contributed by atoms with Gasteiger partial charge in [-0.1, -0.05) is 30.3 Å². The van der Waals surface area contributed by atoms with Crippen molar-refractivity contribution in [1.82, 2.24) is 9.80 Å². The summed E-state index contributed by atoms with van der Waals surface area (Å²) in [5.74, 6) is -1.74. The molecule has 1 aromatic carbocycles. The fourth-order valence-electron chi connectivity index (χ4n) is 1.68. The maximum absolute atomic E-state index is 11.7. The van der Waals surface area contributed by atoms with Gasteiger partial charge in [-0.2, -0.15) is 0 Å². The Balaban J connectivity index is 2.18. The van der Waals surface area contributed by atoms with Crippen molar-refractivity contribution >= 4 is 17.7 Å². The number of likely N-dealkylation sites (N-methyl/N-ethyl adjacent to an activating group) is 1. The Morgan fingerprint density at radius 2 is 1.71 bits per heavy atom. The van der Waals surface area contributed by atoms with E-state index in [1.807, 2.05) is 30.3 Å². The monoisotopic (exact) mass is 232 g/mol. The molecule has 0 saturated carbocycles. The maximum atomic E-state index is 11.7. The van der Waals surface area contributed by atoms with Crippen molar-refractivity contribution in [2.45, 2.75) is 6.54 Å². The summed E-state index contributed by atoms with van der Waals surface area (Å²) in [7, 11) is 1.44. The van der Waals surface area contributed by atoms with Crippen LogP contribution in [0.15, 0.2) is 30.3 Å². The molecule has 0 unspecified atom stereocenters. The zero-order valence-corrected chi connectivity index (χ0v) is 9.42. The third-order valence-electron chi connectivity index (χ3n) is 2.63. The van der Waals surface area contributed by atoms with Gasteiger partial charge < -0.3 is 4.90 Å². The second-order valence-electron chi connectivity index (χ2n) is 3.93. The van der Waals surface area contributed by atoms with Crippen LogP contribution < -0.4 is 0 Å². The highest BCUT2D eigenvalue weighted by Crippen LogP contribution is 2.10. The van der Waals surface area contributed by atoms with Crippen molar-refractivity contribution in [2.75, 3.05) is 13.6 Å². The van der Waals surface area contributed by atoms with Gasteiger partial charge in [-0.05, 0) is 5.56 Å². The van der Waals surface area contributed by atoms with Crippen molar-refractivity contribution in [3.05, 3.63) is 35.9 Å². The molecule has 1 heterocycles. The molecule has 2 rings (SSSR count). The summed E-state index contributed by atoms with van der Waals surface area (Å²) in [4.78, 5) is 36.9. The summed E-state index contributed by atoms with van der Waals surface area (Å²) in [6.07, 6.45) is 0. The predicted octanol–water partition coefficient (Wildman–Crippen LogP) is 0.0138. The fourth-order valence-corrected chi connectivity index (χ4v) is 1.68. The van der Waals surface area contributed by atoms with E-state index < -0.39 is 11.8 Å². The van der Waals surface area contributed by atoms with Crippen molar-refractivity contribution in [3.8, 4) is 0 Å². The first-order valence-electron chi connectivity index (χ1n) is 5.23. The number of imide groups is 1. The molecular weight excluding hydrogens is 220 g/mol. The molecule has 1 aliphatic heterocycles. The molecule has 0 radical (unpaired) electrons. The molecule has 3 amide bonds. The standard InChI is InChI=1S/C12H12N2O3/c1-13-8-10(15)14(12(17)11(13)16)7-9-5-3-2-4-6-9/h2-6H,7-8H2,1H3. The summed E-state index contributed by atoms with van der Waals surface area (Å²) in [6, 6.07) is 9.11. The number of nitrogens with zero attached hydrogens (tertiary/aromatic N) is 2. The first-order valence-corrected chi connectivity index (χ1v) is 5.23. The number of rotatable bonds is 2. The van der Waals surface area contributed by atoms with E-state index in [9.17, 15) is 14.4 Å². The Bertz CT molecular complexity index is 470. The van der Waals surface area contributed by atoms with Crippen LogP contribution >= 0.6 is 0 Å². The minimum Gasteiger partial charge on any atom is -0.328 e. The Hall–Kier alpha value is -2.17. The molecule has 5 heteroatoms. The van der Waals surface area contributed by atoms with Crippen molar-refractivity contribution in [3.63, 3.8) is 0 Å². The van der Waals surface area contributed by atoms with E-state index in [0.29, 0.717) is 0 Å². The van der Waals surface area contributed by atoms with E-state index in [1.165, 1.54) is 7.05 Å². The normalized spacial score (nSPS) is 16.6. The lowest BCUT2D eigenvalue weighted by Gasteiger charge is -2.29. The van der Waals surface area contributed by atoms with Crippen LogP contribution in [-0.4, -0.2) is 41.1 Å². The van der Waals surface area contributed by atoms with E-state index in [0.717, 1.165) is 15.4 Å². The quantitative estimate of drug-likeness (QED) is 0.533. The van der Waals surface area contributed by atoms with Crippen LogP contribution in [0.1, 0.15) is 5.56 Å². The molecule has 17 heavy (non-hydrogen) atoms. The molecule has 1 fully saturated rings. The summed E-state index contributed by atoms with van der Waals surface area (Å²) in [6.45, 7) is 0.107. The average molecular weight is 232 g/mol. The molecule has 0 bridgehead atoms. The number of amides is 3. The Kier molecular flexibility index (Phi) is 2.91. The molecule has 88 valence electrons. The van der Waals surface area contributed by atoms with Gasteiger partial charge in [0.15, 0.2) is 0 Å². The summed E-state index contributed by atoms with van der Waals surface area (Å²) >= 11 is 0. The molecule has 0 atom stereocenters. The van der Waals surface area contributed by atoms with Crippen LogP contribution in [-0.2, 0) is 20.9 Å². The Labute approximate surface area is 98.6 Å². The zero-order valence-electron chi connectivity index (χ0n) is 9.42. The van der Waals surface area contributed by atoms with Crippen LogP contribution in [0, 0.1) is 0 Å². The van der Waals surface area contributed by atoms with Crippen LogP contribution in [0.4, 0.5) is 0 Å². The fraction of sp³-hybridized carbons (Fsp3) is 0.250. The van der Waals surface area contributed by atoms with E-state index in [-0.39, 0.29) is 19.0 Å². The zero-order chi connectivity index (χ0) is 12.4. The molecule has 5 nitrogen and oxygen atoms in total. The average Bonchev–Trinajstić information content (AvgIpc) is 2.33. The number of benzene rings is 1. The Morgan fingerprint density at radius 1 is 1.06 bits per heavy atom. The largest absolute Gasteiger partial charge is 0.328 e. The lowest BCUT2D eigenvalue weighted by atomic mass is 10.2. The van der Waals surface area contributed by atoms with Crippen LogP contribution in [0.3, 0.4) is 0 Å². The summed E-state index contributed by atoms with van der Waals surface area (Å²) in [5, 5.41) is 0. The highest BCUT2D eigenvalue weighted by Gasteiger charge is 2.36. The topological polar surface area (TPSA) is 57.7 Å². The van der Waals surface area contributed by atoms with E-state index >= 15 is 0 Å². The first-order chi connectivity index (χ1) is 8.09. The van der Waals surface area contributed by atoms with Crippen LogP contribution in [0.25, 0.3) is 0 Å². The molecule has 1 aliphatic rings. The predicted molar refractivity (Wildman–Crippen MR) is 59.6 cm³/mol. The highest BCUT2D eigenvalue weighted by molar-refractivity contribution is 6.39. The number of carbonyl (C=O) groups excluding carboxylic acids is 3. The van der Waals surface area contributed by atoms with Crippen LogP contribution in [0.5, 0.6) is 0 Å². The summed E-state index contributed by atoms with van der Waals surface area (Å²) < 4.78 is 0. The Morgan fingerprint density at radius 3 is 2.35 bits per heavy atom. The molecule has 0 N–H and O–H groups in total. The van der Waals surface area contributed by atoms with Gasteiger partial charge in [0.1, 0.15) is 6.54 Å². The second-order valence-corrected chi connectivity index (χ2v) is 3.93. The molecular formula is C12H12N2O3. The first kappa shape index (κ1) is 11.3. The number of carbonyl (C=O) groups is 3. The second kappa shape index (κ2) is 4.37. The molecule has 1 aromatic rings. The van der Waals surface area contributed by atoms with Gasteiger partial charge in [0.25, 0.3) is 0 Å². The highest BCUT2D eigenvalue weighted by atomic mass is 16.2. The van der Waals surface area contributed by atoms with E-state index in [2.05, 4.69) is 0 Å². The molecule has 0 aromatic heterocycles. The van der Waals surface area contributed by atoms with Gasteiger partial charge in [-0.25, -0.2) is 0 Å². The van der Waals surface area contributed by atoms with Gasteiger partial charge in [-0.15, -0.1) is 0 Å². The smallest absolute Gasteiger partial charge is 0.319 e. The molecule has 1 saturated heterocycles.